The van der Waals surface area contributed by atoms with Crippen LogP contribution in [-0.2, 0) is 0 Å². The predicted molar refractivity (Wildman–Crippen MR) is 51.1 cm³/mol. The van der Waals surface area contributed by atoms with Gasteiger partial charge in [0.1, 0.15) is 0 Å². The van der Waals surface area contributed by atoms with Gasteiger partial charge in [0.2, 0.25) is 0 Å². The fourth-order valence-electron chi connectivity index (χ4n) is 1.74. The number of aliphatic hydroxyl groups excluding tert-OH is 1. The summed E-state index contributed by atoms with van der Waals surface area (Å²) in [7, 11) is 0. The van der Waals surface area contributed by atoms with E-state index in [4.69, 9.17) is 5.26 Å². The maximum Gasteiger partial charge on any atom is 0.0664 e. The Kier molecular flexibility index (Phi) is 3.71. The van der Waals surface area contributed by atoms with Gasteiger partial charge in [-0.1, -0.05) is 0 Å². The summed E-state index contributed by atoms with van der Waals surface area (Å²) in [5.41, 5.74) is 0. The molecule has 1 aliphatic heterocycles. The second kappa shape index (κ2) is 4.59. The summed E-state index contributed by atoms with van der Waals surface area (Å²) in [5.74, 6) is 0.234. The van der Waals surface area contributed by atoms with Gasteiger partial charge < -0.3 is 5.11 Å². The number of likely N-dealkylation sites (tertiary alicyclic amines) is 1. The molecule has 2 atom stereocenters. The van der Waals surface area contributed by atoms with Crippen LogP contribution >= 0.6 is 0 Å². The van der Waals surface area contributed by atoms with Crippen molar-refractivity contribution >= 4 is 0 Å². The fourth-order valence-corrected chi connectivity index (χ4v) is 1.74. The van der Waals surface area contributed by atoms with Gasteiger partial charge in [-0.05, 0) is 39.8 Å². The third-order valence-corrected chi connectivity index (χ3v) is 2.99. The summed E-state index contributed by atoms with van der Waals surface area (Å²) < 4.78 is 0. The summed E-state index contributed by atoms with van der Waals surface area (Å²) in [6.07, 6.45) is 1.62. The van der Waals surface area contributed by atoms with E-state index in [1.54, 1.807) is 0 Å². The molecular weight excluding hydrogens is 164 g/mol. The van der Waals surface area contributed by atoms with Gasteiger partial charge in [0.25, 0.3) is 0 Å². The van der Waals surface area contributed by atoms with Crippen LogP contribution in [0.15, 0.2) is 0 Å². The average molecular weight is 182 g/mol. The van der Waals surface area contributed by atoms with E-state index in [0.29, 0.717) is 0 Å². The van der Waals surface area contributed by atoms with Crippen LogP contribution in [0.4, 0.5) is 0 Å². The zero-order valence-electron chi connectivity index (χ0n) is 8.40. The standard InChI is InChI=1S/C10H18N2O/c1-8(9(2)13)12-5-3-10(7-11)4-6-12/h8-10,13H,3-6H2,1-2H3. The molecule has 0 aromatic carbocycles. The third kappa shape index (κ3) is 2.68. The quantitative estimate of drug-likeness (QED) is 0.692. The lowest BCUT2D eigenvalue weighted by molar-refractivity contribution is 0.0534. The monoisotopic (exact) mass is 182 g/mol. The van der Waals surface area contributed by atoms with Crippen molar-refractivity contribution in [1.82, 2.24) is 4.90 Å². The highest BCUT2D eigenvalue weighted by molar-refractivity contribution is 4.89. The molecule has 0 spiro atoms. The number of aliphatic hydroxyl groups is 1. The van der Waals surface area contributed by atoms with Gasteiger partial charge in [-0.3, -0.25) is 4.90 Å². The molecule has 1 saturated heterocycles. The molecule has 0 aromatic rings. The molecule has 0 bridgehead atoms. The van der Waals surface area contributed by atoms with E-state index in [2.05, 4.69) is 11.0 Å². The van der Waals surface area contributed by atoms with Crippen molar-refractivity contribution in [2.75, 3.05) is 13.1 Å². The van der Waals surface area contributed by atoms with E-state index in [-0.39, 0.29) is 18.1 Å². The molecule has 1 aliphatic rings. The summed E-state index contributed by atoms with van der Waals surface area (Å²) in [6.45, 7) is 5.76. The zero-order chi connectivity index (χ0) is 9.84. The molecule has 1 rings (SSSR count). The Morgan fingerprint density at radius 3 is 2.31 bits per heavy atom. The van der Waals surface area contributed by atoms with Gasteiger partial charge in [-0.2, -0.15) is 5.26 Å². The maximum absolute atomic E-state index is 9.39. The molecule has 1 N–H and O–H groups in total. The van der Waals surface area contributed by atoms with Crippen molar-refractivity contribution in [2.24, 2.45) is 5.92 Å². The van der Waals surface area contributed by atoms with E-state index in [1.165, 1.54) is 0 Å². The summed E-state index contributed by atoms with van der Waals surface area (Å²) in [5, 5.41) is 18.1. The minimum Gasteiger partial charge on any atom is -0.392 e. The molecule has 0 amide bonds. The van der Waals surface area contributed by atoms with Crippen LogP contribution in [0.5, 0.6) is 0 Å². The first-order valence-corrected chi connectivity index (χ1v) is 4.97. The van der Waals surface area contributed by atoms with Gasteiger partial charge in [0, 0.05) is 12.0 Å². The van der Waals surface area contributed by atoms with Gasteiger partial charge in [-0.15, -0.1) is 0 Å². The van der Waals surface area contributed by atoms with Crippen molar-refractivity contribution in [3.63, 3.8) is 0 Å². The van der Waals surface area contributed by atoms with Crippen LogP contribution in [0.25, 0.3) is 0 Å². The molecule has 2 unspecified atom stereocenters. The number of nitrogens with zero attached hydrogens (tertiary/aromatic N) is 2. The highest BCUT2D eigenvalue weighted by atomic mass is 16.3. The highest BCUT2D eigenvalue weighted by Crippen LogP contribution is 2.18. The Bertz CT molecular complexity index is 190. The zero-order valence-corrected chi connectivity index (χ0v) is 8.40. The summed E-state index contributed by atoms with van der Waals surface area (Å²) in [6, 6.07) is 2.53. The van der Waals surface area contributed by atoms with Crippen LogP contribution in [0.3, 0.4) is 0 Å². The Labute approximate surface area is 80.0 Å². The van der Waals surface area contributed by atoms with Crippen LogP contribution in [-0.4, -0.2) is 35.2 Å². The number of hydrogen-bond donors (Lipinski definition) is 1. The molecule has 1 heterocycles. The molecule has 0 aromatic heterocycles. The van der Waals surface area contributed by atoms with Crippen LogP contribution in [0.2, 0.25) is 0 Å². The van der Waals surface area contributed by atoms with Gasteiger partial charge >= 0.3 is 0 Å². The topological polar surface area (TPSA) is 47.3 Å². The average Bonchev–Trinajstić information content (AvgIpc) is 2.17. The number of hydrogen-bond acceptors (Lipinski definition) is 3. The molecule has 1 fully saturated rings. The maximum atomic E-state index is 9.39. The van der Waals surface area contributed by atoms with E-state index in [9.17, 15) is 5.11 Å². The molecule has 0 aliphatic carbocycles. The van der Waals surface area contributed by atoms with Crippen molar-refractivity contribution in [1.29, 1.82) is 5.26 Å². The molecule has 3 heteroatoms. The smallest absolute Gasteiger partial charge is 0.0664 e. The van der Waals surface area contributed by atoms with Crippen molar-refractivity contribution in [3.8, 4) is 6.07 Å². The minimum absolute atomic E-state index is 0.222. The Hall–Kier alpha value is -0.590. The summed E-state index contributed by atoms with van der Waals surface area (Å²) in [4.78, 5) is 2.26. The van der Waals surface area contributed by atoms with E-state index >= 15 is 0 Å². The van der Waals surface area contributed by atoms with Crippen LogP contribution < -0.4 is 0 Å². The first-order chi connectivity index (χ1) is 6.15. The molecular formula is C10H18N2O. The normalized spacial score (nSPS) is 25.1. The van der Waals surface area contributed by atoms with E-state index in [0.717, 1.165) is 25.9 Å². The van der Waals surface area contributed by atoms with E-state index in [1.807, 2.05) is 13.8 Å². The predicted octanol–water partition coefficient (Wildman–Crippen LogP) is 0.991. The lowest BCUT2D eigenvalue weighted by atomic mass is 9.97. The Morgan fingerprint density at radius 2 is 1.92 bits per heavy atom. The lowest BCUT2D eigenvalue weighted by Crippen LogP contribution is -2.44. The van der Waals surface area contributed by atoms with Crippen LogP contribution in [0, 0.1) is 17.2 Å². The van der Waals surface area contributed by atoms with E-state index < -0.39 is 0 Å². The molecule has 3 nitrogen and oxygen atoms in total. The fraction of sp³-hybridized carbons (Fsp3) is 0.900. The minimum atomic E-state index is -0.279. The first kappa shape index (κ1) is 10.5. The van der Waals surface area contributed by atoms with Gasteiger partial charge in [0.15, 0.2) is 0 Å². The SMILES string of the molecule is CC(O)C(C)N1CCC(C#N)CC1. The second-order valence-corrected chi connectivity index (χ2v) is 3.92. The van der Waals surface area contributed by atoms with Crippen molar-refractivity contribution in [3.05, 3.63) is 0 Å². The highest BCUT2D eigenvalue weighted by Gasteiger charge is 2.24. The first-order valence-electron chi connectivity index (χ1n) is 4.97. The van der Waals surface area contributed by atoms with Crippen LogP contribution in [0.1, 0.15) is 26.7 Å². The Morgan fingerprint density at radius 1 is 1.38 bits per heavy atom. The molecule has 0 radical (unpaired) electrons. The largest absolute Gasteiger partial charge is 0.392 e. The summed E-state index contributed by atoms with van der Waals surface area (Å²) >= 11 is 0. The number of piperidine rings is 1. The molecule has 74 valence electrons. The Balaban J connectivity index is 2.37. The third-order valence-electron chi connectivity index (χ3n) is 2.99. The van der Waals surface area contributed by atoms with Gasteiger partial charge in [-0.25, -0.2) is 0 Å². The van der Waals surface area contributed by atoms with Crippen molar-refractivity contribution in [2.45, 2.75) is 38.8 Å². The number of rotatable bonds is 2. The second-order valence-electron chi connectivity index (χ2n) is 3.92. The molecule has 0 saturated carbocycles. The van der Waals surface area contributed by atoms with Gasteiger partial charge in [0.05, 0.1) is 12.2 Å². The molecule has 13 heavy (non-hydrogen) atoms. The number of nitriles is 1. The lowest BCUT2D eigenvalue weighted by Gasteiger charge is -2.35. The van der Waals surface area contributed by atoms with Crippen molar-refractivity contribution < 1.29 is 5.11 Å².